The molecule has 1 amide bonds. The van der Waals surface area contributed by atoms with Gasteiger partial charge in [0, 0.05) is 24.1 Å². The molecule has 0 atom stereocenters. The Kier molecular flexibility index (Phi) is 6.20. The first-order chi connectivity index (χ1) is 14.3. The van der Waals surface area contributed by atoms with Crippen molar-refractivity contribution in [1.29, 1.82) is 0 Å². The van der Waals surface area contributed by atoms with E-state index in [0.29, 0.717) is 29.4 Å². The first-order valence-corrected chi connectivity index (χ1v) is 9.81. The molecule has 0 spiro atoms. The third-order valence-electron chi connectivity index (χ3n) is 4.88. The number of hydrogen-bond acceptors (Lipinski definition) is 6. The van der Waals surface area contributed by atoms with Crippen LogP contribution in [0.1, 0.15) is 43.1 Å². The van der Waals surface area contributed by atoms with Crippen molar-refractivity contribution < 1.29 is 28.5 Å². The van der Waals surface area contributed by atoms with Crippen molar-refractivity contribution in [1.82, 2.24) is 5.32 Å². The molecule has 0 unspecified atom stereocenters. The zero-order valence-corrected chi connectivity index (χ0v) is 18.0. The summed E-state index contributed by atoms with van der Waals surface area (Å²) in [6, 6.07) is 9.25. The highest BCUT2D eigenvalue weighted by Gasteiger charge is 2.28. The van der Waals surface area contributed by atoms with Crippen LogP contribution < -0.4 is 19.5 Å². The largest absolute Gasteiger partial charge is 0.493 e. The topological polar surface area (TPSA) is 83.1 Å². The third kappa shape index (κ3) is 4.20. The number of rotatable bonds is 8. The van der Waals surface area contributed by atoms with Crippen molar-refractivity contribution >= 4 is 11.9 Å². The van der Waals surface area contributed by atoms with E-state index in [1.807, 2.05) is 18.2 Å². The van der Waals surface area contributed by atoms with Crippen molar-refractivity contribution in [3.63, 3.8) is 0 Å². The third-order valence-corrected chi connectivity index (χ3v) is 4.88. The van der Waals surface area contributed by atoms with Crippen LogP contribution in [0.3, 0.4) is 0 Å². The maximum Gasteiger partial charge on any atom is 0.306 e. The fraction of sp³-hybridized carbons (Fsp3) is 0.391. The average Bonchev–Trinajstić information content (AvgIpc) is 3.12. The number of carbonyl (C=O) groups is 2. The molecule has 1 aliphatic rings. The van der Waals surface area contributed by atoms with Crippen LogP contribution in [0.2, 0.25) is 0 Å². The van der Waals surface area contributed by atoms with Crippen molar-refractivity contribution in [3.8, 4) is 28.4 Å². The van der Waals surface area contributed by atoms with E-state index in [2.05, 4.69) is 5.32 Å². The summed E-state index contributed by atoms with van der Waals surface area (Å²) in [5, 5.41) is 2.86. The van der Waals surface area contributed by atoms with Gasteiger partial charge in [-0.05, 0) is 43.2 Å². The fourth-order valence-electron chi connectivity index (χ4n) is 3.42. The zero-order valence-electron chi connectivity index (χ0n) is 18.0. The van der Waals surface area contributed by atoms with E-state index in [-0.39, 0.29) is 24.9 Å². The summed E-state index contributed by atoms with van der Waals surface area (Å²) in [6.07, 6.45) is 0.286. The van der Waals surface area contributed by atoms with Crippen LogP contribution in [-0.4, -0.2) is 38.3 Å². The Labute approximate surface area is 176 Å². The van der Waals surface area contributed by atoms with E-state index in [9.17, 15) is 9.59 Å². The molecular formula is C23H27NO6. The number of amides is 1. The van der Waals surface area contributed by atoms with Gasteiger partial charge in [-0.25, -0.2) is 0 Å². The van der Waals surface area contributed by atoms with Crippen molar-refractivity contribution in [2.45, 2.75) is 39.3 Å². The molecule has 0 saturated carbocycles. The lowest BCUT2D eigenvalue weighted by atomic mass is 9.95. The predicted octanol–water partition coefficient (Wildman–Crippen LogP) is 3.72. The standard InChI is InChI=1S/C23H27NO6/c1-6-19(25)30-23(2,3)13-29-20-15(10-11-18(27-4)21(20)28-5)14-8-7-9-16-17(14)12-24-22(16)26/h7-11H,6,12-13H2,1-5H3,(H,24,26). The normalized spacial score (nSPS) is 12.8. The van der Waals surface area contributed by atoms with E-state index in [1.54, 1.807) is 40.0 Å². The van der Waals surface area contributed by atoms with Gasteiger partial charge in [-0.3, -0.25) is 9.59 Å². The smallest absolute Gasteiger partial charge is 0.306 e. The fourth-order valence-corrected chi connectivity index (χ4v) is 3.42. The van der Waals surface area contributed by atoms with Gasteiger partial charge in [-0.1, -0.05) is 19.1 Å². The van der Waals surface area contributed by atoms with Crippen LogP contribution in [0.15, 0.2) is 30.3 Å². The number of methoxy groups -OCH3 is 2. The van der Waals surface area contributed by atoms with Crippen LogP contribution in [0, 0.1) is 0 Å². The molecule has 2 aromatic carbocycles. The Bertz CT molecular complexity index is 966. The Morgan fingerprint density at radius 3 is 2.43 bits per heavy atom. The summed E-state index contributed by atoms with van der Waals surface area (Å²) >= 11 is 0. The highest BCUT2D eigenvalue weighted by atomic mass is 16.6. The quantitative estimate of drug-likeness (QED) is 0.664. The molecule has 160 valence electrons. The molecule has 0 radical (unpaired) electrons. The van der Waals surface area contributed by atoms with Gasteiger partial charge in [0.05, 0.1) is 14.2 Å². The minimum absolute atomic E-state index is 0.0950. The summed E-state index contributed by atoms with van der Waals surface area (Å²) in [5.74, 6) is 1.02. The van der Waals surface area contributed by atoms with Crippen molar-refractivity contribution in [3.05, 3.63) is 41.5 Å². The Morgan fingerprint density at radius 2 is 1.77 bits per heavy atom. The summed E-state index contributed by atoms with van der Waals surface area (Å²) in [4.78, 5) is 23.9. The maximum absolute atomic E-state index is 12.1. The zero-order chi connectivity index (χ0) is 21.9. The van der Waals surface area contributed by atoms with Gasteiger partial charge in [0.15, 0.2) is 11.5 Å². The number of nitrogens with one attached hydrogen (secondary N) is 1. The van der Waals surface area contributed by atoms with Crippen LogP contribution in [0.25, 0.3) is 11.1 Å². The van der Waals surface area contributed by atoms with Gasteiger partial charge in [-0.2, -0.15) is 0 Å². The lowest BCUT2D eigenvalue weighted by Gasteiger charge is -2.27. The maximum atomic E-state index is 12.1. The number of benzene rings is 2. The number of esters is 1. The van der Waals surface area contributed by atoms with E-state index < -0.39 is 5.60 Å². The number of fused-ring (bicyclic) bond motifs is 1. The Hall–Kier alpha value is -3.22. The van der Waals surface area contributed by atoms with Gasteiger partial charge in [-0.15, -0.1) is 0 Å². The second-order valence-electron chi connectivity index (χ2n) is 7.57. The summed E-state index contributed by atoms with van der Waals surface area (Å²) in [7, 11) is 3.09. The van der Waals surface area contributed by atoms with Gasteiger partial charge in [0.2, 0.25) is 5.75 Å². The van der Waals surface area contributed by atoms with Crippen LogP contribution >= 0.6 is 0 Å². The summed E-state index contributed by atoms with van der Waals surface area (Å²) in [6.45, 7) is 5.87. The number of hydrogen-bond donors (Lipinski definition) is 1. The highest BCUT2D eigenvalue weighted by molar-refractivity contribution is 6.01. The van der Waals surface area contributed by atoms with Gasteiger partial charge < -0.3 is 24.3 Å². The lowest BCUT2D eigenvalue weighted by molar-refractivity contribution is -0.158. The van der Waals surface area contributed by atoms with Crippen molar-refractivity contribution in [2.75, 3.05) is 20.8 Å². The summed E-state index contributed by atoms with van der Waals surface area (Å²) in [5.41, 5.74) is 2.33. The number of ether oxygens (including phenoxy) is 4. The van der Waals surface area contributed by atoms with E-state index in [0.717, 1.165) is 16.7 Å². The SMILES string of the molecule is CCC(=O)OC(C)(C)COc1c(-c2cccc3c2CNC3=O)ccc(OC)c1OC. The molecule has 1 aliphatic heterocycles. The Morgan fingerprint density at radius 1 is 1.03 bits per heavy atom. The number of carbonyl (C=O) groups excluding carboxylic acids is 2. The van der Waals surface area contributed by atoms with Gasteiger partial charge in [0.25, 0.3) is 5.91 Å². The van der Waals surface area contributed by atoms with Gasteiger partial charge in [0.1, 0.15) is 12.2 Å². The molecule has 1 heterocycles. The molecule has 7 nitrogen and oxygen atoms in total. The molecule has 0 saturated heterocycles. The first-order valence-electron chi connectivity index (χ1n) is 9.81. The monoisotopic (exact) mass is 413 g/mol. The van der Waals surface area contributed by atoms with E-state index in [4.69, 9.17) is 18.9 Å². The molecule has 2 aromatic rings. The molecular weight excluding hydrogens is 386 g/mol. The molecule has 7 heteroatoms. The molecule has 0 aliphatic carbocycles. The second-order valence-corrected chi connectivity index (χ2v) is 7.57. The highest BCUT2D eigenvalue weighted by Crippen LogP contribution is 2.46. The molecule has 0 fully saturated rings. The molecule has 0 aromatic heterocycles. The van der Waals surface area contributed by atoms with E-state index in [1.165, 1.54) is 7.11 Å². The lowest BCUT2D eigenvalue weighted by Crippen LogP contribution is -2.34. The Balaban J connectivity index is 2.06. The van der Waals surface area contributed by atoms with Crippen LogP contribution in [0.4, 0.5) is 0 Å². The van der Waals surface area contributed by atoms with Crippen LogP contribution in [0.5, 0.6) is 17.2 Å². The first kappa shape index (κ1) is 21.5. The minimum Gasteiger partial charge on any atom is -0.493 e. The molecule has 30 heavy (non-hydrogen) atoms. The van der Waals surface area contributed by atoms with Crippen molar-refractivity contribution in [2.24, 2.45) is 0 Å². The van der Waals surface area contributed by atoms with E-state index >= 15 is 0 Å². The molecule has 1 N–H and O–H groups in total. The molecule has 3 rings (SSSR count). The average molecular weight is 413 g/mol. The van der Waals surface area contributed by atoms with Gasteiger partial charge >= 0.3 is 5.97 Å². The minimum atomic E-state index is -0.839. The second kappa shape index (κ2) is 8.65. The summed E-state index contributed by atoms with van der Waals surface area (Å²) < 4.78 is 22.7. The predicted molar refractivity (Wildman–Crippen MR) is 112 cm³/mol. The van der Waals surface area contributed by atoms with Crippen LogP contribution in [-0.2, 0) is 16.1 Å². The molecule has 0 bridgehead atoms.